The first-order valence-electron chi connectivity index (χ1n) is 24.4. The molecule has 4 aliphatic heterocycles. The monoisotopic (exact) mass is 1000 g/mol. The molecule has 2 amide bonds. The van der Waals surface area contributed by atoms with Crippen molar-refractivity contribution < 1.29 is 23.3 Å². The van der Waals surface area contributed by atoms with E-state index in [0.29, 0.717) is 62.7 Å². The minimum Gasteiger partial charge on any atom is -0.494 e. The van der Waals surface area contributed by atoms with Crippen LogP contribution in [0.4, 0.5) is 44.6 Å². The second-order valence-corrected chi connectivity index (χ2v) is 23.5. The number of nitrogens with one attached hydrogen (secondary N) is 4. The lowest BCUT2D eigenvalue weighted by atomic mass is 9.71. The summed E-state index contributed by atoms with van der Waals surface area (Å²) in [7, 11) is 0.744. The van der Waals surface area contributed by atoms with E-state index >= 15 is 0 Å². The van der Waals surface area contributed by atoms with Crippen molar-refractivity contribution in [1.29, 1.82) is 0 Å². The van der Waals surface area contributed by atoms with Crippen LogP contribution in [0.2, 0.25) is 5.02 Å². The van der Waals surface area contributed by atoms with Crippen LogP contribution in [0.25, 0.3) is 22.2 Å². The molecule has 1 unspecified atom stereocenters. The van der Waals surface area contributed by atoms with Crippen LogP contribution in [0.3, 0.4) is 0 Å². The minimum absolute atomic E-state index is 0.263. The first kappa shape index (κ1) is 48.3. The molecule has 1 atom stereocenters. The number of ether oxygens (including phenoxy) is 1. The molecule has 4 fully saturated rings. The molecule has 1 spiro atoms. The molecule has 7 heterocycles. The van der Waals surface area contributed by atoms with Gasteiger partial charge in [-0.05, 0) is 119 Å². The van der Waals surface area contributed by atoms with E-state index in [2.05, 4.69) is 68.2 Å². The Balaban J connectivity index is 0.774. The number of methoxy groups -OCH3 is 1. The summed E-state index contributed by atoms with van der Waals surface area (Å²) < 4.78 is 36.3. The number of imide groups is 1. The Kier molecular flexibility index (Phi) is 13.6. The van der Waals surface area contributed by atoms with E-state index in [9.17, 15) is 18.5 Å². The molecular weight excluding hydrogens is 944 g/mol. The van der Waals surface area contributed by atoms with Crippen LogP contribution in [0.15, 0.2) is 73.4 Å². The number of amides is 2. The van der Waals surface area contributed by atoms with Crippen LogP contribution in [0, 0.1) is 17.2 Å². The van der Waals surface area contributed by atoms with Gasteiger partial charge in [0, 0.05) is 99.0 Å². The quantitative estimate of drug-likeness (QED) is 0.0641. The number of carbonyl (C=O) groups is 2. The van der Waals surface area contributed by atoms with Gasteiger partial charge in [0.1, 0.15) is 35.3 Å². The summed E-state index contributed by atoms with van der Waals surface area (Å²) in [6.07, 6.45) is 15.9. The molecule has 10 rings (SSSR count). The number of fused-ring (bicyclic) bond motifs is 1. The van der Waals surface area contributed by atoms with Gasteiger partial charge in [-0.25, -0.2) is 9.37 Å². The molecule has 0 saturated carbocycles. The van der Waals surface area contributed by atoms with Gasteiger partial charge in [-0.1, -0.05) is 11.6 Å². The average Bonchev–Trinajstić information content (AvgIpc) is 3.79. The highest BCUT2D eigenvalue weighted by Crippen LogP contribution is 2.47. The third kappa shape index (κ3) is 10.7. The maximum Gasteiger partial charge on any atom is 0.249 e. The molecule has 4 N–H and O–H groups in total. The minimum atomic E-state index is -2.83. The summed E-state index contributed by atoms with van der Waals surface area (Å²) in [4.78, 5) is 49.5. The normalized spacial score (nSPS) is 19.0. The second kappa shape index (κ2) is 20.0. The zero-order chi connectivity index (χ0) is 49.4. The highest BCUT2D eigenvalue weighted by molar-refractivity contribution is 7.71. The van der Waals surface area contributed by atoms with Gasteiger partial charge < -0.3 is 40.0 Å². The van der Waals surface area contributed by atoms with Crippen LogP contribution in [-0.4, -0.2) is 119 Å². The molecule has 3 aromatic carbocycles. The third-order valence-electron chi connectivity index (χ3n) is 14.8. The van der Waals surface area contributed by atoms with Gasteiger partial charge in [0.05, 0.1) is 41.7 Å². The molecule has 20 heteroatoms. The second-order valence-electron chi connectivity index (χ2n) is 19.9. The lowest BCUT2D eigenvalue weighted by Crippen LogP contribution is -2.48. The number of rotatable bonds is 13. The average molecular weight is 1000 g/mol. The number of likely N-dealkylation sites (tertiary alicyclic amines) is 1. The van der Waals surface area contributed by atoms with E-state index in [1.807, 2.05) is 42.3 Å². The largest absolute Gasteiger partial charge is 0.494 e. The summed E-state index contributed by atoms with van der Waals surface area (Å²) in [6, 6.07) is 12.2. The highest BCUT2D eigenvalue weighted by Gasteiger charge is 2.39. The molecule has 372 valence electrons. The number of nitrogens with zero attached hydrogens (tertiary/aromatic N) is 9. The van der Waals surface area contributed by atoms with Crippen LogP contribution in [-0.2, 0) is 21.2 Å². The number of halogens is 2. The van der Waals surface area contributed by atoms with E-state index in [4.69, 9.17) is 21.3 Å². The van der Waals surface area contributed by atoms with Crippen molar-refractivity contribution in [3.05, 3.63) is 84.3 Å². The topological polar surface area (TPSA) is 188 Å². The maximum absolute atomic E-state index is 14.8. The number of piperidine rings is 4. The third-order valence-corrected chi connectivity index (χ3v) is 16.6. The predicted molar refractivity (Wildman–Crippen MR) is 278 cm³/mol. The van der Waals surface area contributed by atoms with E-state index in [-0.39, 0.29) is 35.0 Å². The highest BCUT2D eigenvalue weighted by atomic mass is 35.5. The zero-order valence-corrected chi connectivity index (χ0v) is 42.2. The van der Waals surface area contributed by atoms with Gasteiger partial charge >= 0.3 is 0 Å². The predicted octanol–water partition coefficient (Wildman–Crippen LogP) is 8.17. The smallest absolute Gasteiger partial charge is 0.249 e. The summed E-state index contributed by atoms with van der Waals surface area (Å²) in [5.74, 6) is 0.844. The Labute approximate surface area is 417 Å². The number of hydrogen-bond acceptors (Lipinski definition) is 15. The van der Waals surface area contributed by atoms with Gasteiger partial charge in [0.15, 0.2) is 5.82 Å². The molecule has 4 aliphatic rings. The lowest BCUT2D eigenvalue weighted by molar-refractivity contribution is -0.133. The Morgan fingerprint density at radius 1 is 0.887 bits per heavy atom. The van der Waals surface area contributed by atoms with E-state index in [1.165, 1.54) is 25.1 Å². The summed E-state index contributed by atoms with van der Waals surface area (Å²) >= 11 is 6.68. The van der Waals surface area contributed by atoms with Crippen molar-refractivity contribution in [3.63, 3.8) is 0 Å². The molecule has 17 nitrogen and oxygen atoms in total. The van der Waals surface area contributed by atoms with Crippen LogP contribution in [0.1, 0.15) is 51.4 Å². The number of benzene rings is 3. The van der Waals surface area contributed by atoms with E-state index in [1.54, 1.807) is 38.9 Å². The van der Waals surface area contributed by atoms with Crippen LogP contribution < -0.4 is 41.1 Å². The lowest BCUT2D eigenvalue weighted by Gasteiger charge is -2.48. The van der Waals surface area contributed by atoms with Gasteiger partial charge in [-0.3, -0.25) is 29.6 Å². The molecule has 0 bridgehead atoms. The number of hydrogen-bond donors (Lipinski definition) is 4. The number of anilines is 7. The van der Waals surface area contributed by atoms with E-state index < -0.39 is 13.2 Å². The number of aryl methyl sites for hydroxylation is 1. The fourth-order valence-electron chi connectivity index (χ4n) is 10.9. The fourth-order valence-corrected chi connectivity index (χ4v) is 12.4. The molecular formula is C51H60ClFN13O4P. The number of aromatic nitrogens is 6. The fraction of sp³-hybridized carbons (Fsp3) is 0.431. The summed E-state index contributed by atoms with van der Waals surface area (Å²) in [5.41, 5.74) is 7.18. The number of carbonyl (C=O) groups excluding carboxylic acids is 2. The van der Waals surface area contributed by atoms with Gasteiger partial charge in [0.25, 0.3) is 0 Å². The van der Waals surface area contributed by atoms with Gasteiger partial charge in [-0.15, -0.1) is 0 Å². The van der Waals surface area contributed by atoms with Gasteiger partial charge in [0.2, 0.25) is 17.8 Å². The Morgan fingerprint density at radius 2 is 1.65 bits per heavy atom. The zero-order valence-electron chi connectivity index (χ0n) is 40.6. The van der Waals surface area contributed by atoms with Crippen molar-refractivity contribution >= 4 is 87.1 Å². The molecule has 0 aliphatic carbocycles. The molecule has 4 saturated heterocycles. The Morgan fingerprint density at radius 3 is 2.37 bits per heavy atom. The van der Waals surface area contributed by atoms with Crippen molar-refractivity contribution in [1.82, 2.24) is 39.9 Å². The van der Waals surface area contributed by atoms with Crippen molar-refractivity contribution in [3.8, 4) is 16.9 Å². The first-order chi connectivity index (χ1) is 34.2. The van der Waals surface area contributed by atoms with Crippen molar-refractivity contribution in [2.45, 2.75) is 57.4 Å². The van der Waals surface area contributed by atoms with E-state index in [0.717, 1.165) is 94.0 Å². The summed E-state index contributed by atoms with van der Waals surface area (Å²) in [5, 5.41) is 17.6. The van der Waals surface area contributed by atoms with Crippen LogP contribution >= 0.6 is 18.7 Å². The summed E-state index contributed by atoms with van der Waals surface area (Å²) in [6.45, 7) is 10.2. The maximum atomic E-state index is 14.8. The van der Waals surface area contributed by atoms with Gasteiger partial charge in [-0.2, -0.15) is 10.1 Å². The Hall–Kier alpha value is -6.36. The molecule has 0 radical (unpaired) electrons. The first-order valence-corrected chi connectivity index (χ1v) is 27.4. The SMILES string of the molecule is COc1cc(N2CCC3(CCN(CC4CCN(c5cc(F)cc(NC6CCC(=O)NC6=O)c5)CC4)CC3)CC2)c(-c2cnn(C)c2)cc1Nc1ncc(Cl)c(Nc2ccc3nccnc3c2P(C)(C)=O)n1. The molecule has 71 heavy (non-hydrogen) atoms. The van der Waals surface area contributed by atoms with Crippen molar-refractivity contribution in [2.24, 2.45) is 18.4 Å². The standard InChI is InChI=1S/C51H60ClFN13O4P/c1-63-31-33(28-57-63)37-26-42(60-50-56-29-38(52)48(62-50)59-40-6-5-39-46(55-16-15-54-39)47(40)71(3,4)69)44(70-2)27-43(37)66-21-13-51(14-22-66)11-19-64(20-12-51)30-32-9-17-65(18-10-32)36-24-34(53)23-35(25-36)58-41-7-8-45(67)61-49(41)68/h5-6,15-16,23-29,31-32,41,58H,7-14,17-22,30H2,1-4H3,(H,61,67,68)(H2,56,59,60,62). The molecule has 6 aromatic rings. The molecule has 3 aromatic heterocycles. The Bertz CT molecular complexity index is 3020. The van der Waals surface area contributed by atoms with Crippen molar-refractivity contribution in [2.75, 3.05) is 92.0 Å². The van der Waals surface area contributed by atoms with Crippen LogP contribution in [0.5, 0.6) is 5.75 Å².